The first-order valence-electron chi connectivity index (χ1n) is 4.55. The van der Waals surface area contributed by atoms with Gasteiger partial charge in [-0.15, -0.1) is 0 Å². The molecular weight excluding hydrogens is 152 g/mol. The van der Waals surface area contributed by atoms with E-state index >= 15 is 0 Å². The number of esters is 1. The van der Waals surface area contributed by atoms with Gasteiger partial charge in [-0.2, -0.15) is 0 Å². The van der Waals surface area contributed by atoms with E-state index in [0.717, 1.165) is 12.8 Å². The number of hydrogen-bond donors (Lipinski definition) is 0. The van der Waals surface area contributed by atoms with Gasteiger partial charge in [-0.05, 0) is 20.3 Å². The van der Waals surface area contributed by atoms with E-state index in [9.17, 15) is 4.79 Å². The largest absolute Gasteiger partial charge is 0.466 e. The Morgan fingerprint density at radius 1 is 1.50 bits per heavy atom. The van der Waals surface area contributed by atoms with Crippen LogP contribution in [0.5, 0.6) is 0 Å². The molecule has 70 valence electrons. The van der Waals surface area contributed by atoms with Gasteiger partial charge in [0.2, 0.25) is 0 Å². The van der Waals surface area contributed by atoms with Crippen molar-refractivity contribution >= 4 is 5.97 Å². The van der Waals surface area contributed by atoms with Gasteiger partial charge >= 0.3 is 5.97 Å². The minimum absolute atomic E-state index is 0.0417. The fourth-order valence-corrected chi connectivity index (χ4v) is 1.09. The first kappa shape index (κ1) is 11.2. The lowest BCUT2D eigenvalue weighted by atomic mass is 10.0. The van der Waals surface area contributed by atoms with Crippen LogP contribution in [-0.4, -0.2) is 12.6 Å². The highest BCUT2D eigenvalue weighted by Crippen LogP contribution is 2.10. The molecule has 0 aliphatic carbocycles. The van der Waals surface area contributed by atoms with Crippen molar-refractivity contribution in [2.45, 2.75) is 33.6 Å². The van der Waals surface area contributed by atoms with Crippen LogP contribution in [-0.2, 0) is 9.53 Å². The zero-order chi connectivity index (χ0) is 9.40. The summed E-state index contributed by atoms with van der Waals surface area (Å²) in [6, 6.07) is 0. The van der Waals surface area contributed by atoms with Crippen LogP contribution < -0.4 is 0 Å². The maximum absolute atomic E-state index is 11.2. The molecule has 0 aromatic heterocycles. The Kier molecular flexibility index (Phi) is 6.44. The van der Waals surface area contributed by atoms with Crippen molar-refractivity contribution in [2.75, 3.05) is 6.61 Å². The van der Waals surface area contributed by atoms with Crippen LogP contribution in [0.25, 0.3) is 0 Å². The molecule has 12 heavy (non-hydrogen) atoms. The molecule has 2 nitrogen and oxygen atoms in total. The minimum atomic E-state index is -0.0996. The molecule has 1 unspecified atom stereocenters. The number of rotatable bonds is 5. The van der Waals surface area contributed by atoms with Crippen molar-refractivity contribution in [2.24, 2.45) is 5.92 Å². The molecule has 0 N–H and O–H groups in total. The van der Waals surface area contributed by atoms with E-state index in [2.05, 4.69) is 6.92 Å². The van der Waals surface area contributed by atoms with Crippen LogP contribution >= 0.6 is 0 Å². The monoisotopic (exact) mass is 170 g/mol. The van der Waals surface area contributed by atoms with Crippen molar-refractivity contribution in [3.8, 4) is 0 Å². The van der Waals surface area contributed by atoms with Gasteiger partial charge in [0.1, 0.15) is 0 Å². The minimum Gasteiger partial charge on any atom is -0.466 e. The number of carbonyl (C=O) groups excluding carboxylic acids is 1. The fraction of sp³-hybridized carbons (Fsp3) is 0.700. The van der Waals surface area contributed by atoms with E-state index in [1.165, 1.54) is 0 Å². The summed E-state index contributed by atoms with van der Waals surface area (Å²) in [6.07, 6.45) is 5.69. The summed E-state index contributed by atoms with van der Waals surface area (Å²) in [4.78, 5) is 11.2. The zero-order valence-corrected chi connectivity index (χ0v) is 8.17. The molecule has 0 aliphatic rings. The maximum atomic E-state index is 11.2. The van der Waals surface area contributed by atoms with E-state index < -0.39 is 0 Å². The van der Waals surface area contributed by atoms with E-state index in [-0.39, 0.29) is 11.9 Å². The topological polar surface area (TPSA) is 26.3 Å². The molecule has 0 aromatic carbocycles. The van der Waals surface area contributed by atoms with Gasteiger partial charge in [0.15, 0.2) is 0 Å². The molecule has 0 amide bonds. The number of allylic oxidation sites excluding steroid dienone is 1. The molecular formula is C10H18O2. The van der Waals surface area contributed by atoms with Crippen LogP contribution in [0.4, 0.5) is 0 Å². The van der Waals surface area contributed by atoms with Crippen molar-refractivity contribution in [3.63, 3.8) is 0 Å². The second kappa shape index (κ2) is 6.89. The second-order valence-corrected chi connectivity index (χ2v) is 2.67. The van der Waals surface area contributed by atoms with Crippen molar-refractivity contribution in [1.82, 2.24) is 0 Å². The van der Waals surface area contributed by atoms with Crippen LogP contribution in [0, 0.1) is 5.92 Å². The number of hydrogen-bond acceptors (Lipinski definition) is 2. The highest BCUT2D eigenvalue weighted by Gasteiger charge is 2.14. The Hall–Kier alpha value is -0.790. The molecule has 0 rings (SSSR count). The standard InChI is InChI=1S/C10H18O2/c1-4-7-9(8-5-2)10(11)12-6-3/h4,7,9H,5-6,8H2,1-3H3/b7-4+. The fourth-order valence-electron chi connectivity index (χ4n) is 1.09. The quantitative estimate of drug-likeness (QED) is 0.468. The summed E-state index contributed by atoms with van der Waals surface area (Å²) >= 11 is 0. The van der Waals surface area contributed by atoms with E-state index in [1.807, 2.05) is 26.0 Å². The smallest absolute Gasteiger partial charge is 0.312 e. The Bertz CT molecular complexity index is 150. The van der Waals surface area contributed by atoms with Gasteiger partial charge in [0, 0.05) is 0 Å². The Labute approximate surface area is 74.6 Å². The van der Waals surface area contributed by atoms with Crippen molar-refractivity contribution < 1.29 is 9.53 Å². The Morgan fingerprint density at radius 2 is 2.17 bits per heavy atom. The number of carbonyl (C=O) groups is 1. The third kappa shape index (κ3) is 4.16. The molecule has 1 atom stereocenters. The summed E-state index contributed by atoms with van der Waals surface area (Å²) < 4.78 is 4.92. The van der Waals surface area contributed by atoms with Crippen LogP contribution in [0.2, 0.25) is 0 Å². The molecule has 0 radical (unpaired) electrons. The van der Waals surface area contributed by atoms with E-state index in [0.29, 0.717) is 6.61 Å². The molecule has 2 heteroatoms. The van der Waals surface area contributed by atoms with E-state index in [1.54, 1.807) is 0 Å². The predicted octanol–water partition coefficient (Wildman–Crippen LogP) is 2.54. The average molecular weight is 170 g/mol. The molecule has 0 spiro atoms. The number of ether oxygens (including phenoxy) is 1. The summed E-state index contributed by atoms with van der Waals surface area (Å²) in [5.74, 6) is -0.141. The van der Waals surface area contributed by atoms with Gasteiger partial charge in [-0.25, -0.2) is 0 Å². The Morgan fingerprint density at radius 3 is 2.58 bits per heavy atom. The first-order chi connectivity index (χ1) is 5.76. The highest BCUT2D eigenvalue weighted by molar-refractivity contribution is 5.74. The van der Waals surface area contributed by atoms with E-state index in [4.69, 9.17) is 4.74 Å². The summed E-state index contributed by atoms with van der Waals surface area (Å²) in [6.45, 7) is 6.28. The zero-order valence-electron chi connectivity index (χ0n) is 8.17. The van der Waals surface area contributed by atoms with Gasteiger partial charge in [-0.1, -0.05) is 25.5 Å². The lowest BCUT2D eigenvalue weighted by Gasteiger charge is -2.09. The van der Waals surface area contributed by atoms with Gasteiger partial charge in [-0.3, -0.25) is 4.79 Å². The second-order valence-electron chi connectivity index (χ2n) is 2.67. The van der Waals surface area contributed by atoms with Crippen LogP contribution in [0.1, 0.15) is 33.6 Å². The van der Waals surface area contributed by atoms with Gasteiger partial charge in [0.25, 0.3) is 0 Å². The summed E-state index contributed by atoms with van der Waals surface area (Å²) in [5, 5.41) is 0. The molecule has 0 aliphatic heterocycles. The lowest BCUT2D eigenvalue weighted by molar-refractivity contribution is -0.146. The summed E-state index contributed by atoms with van der Waals surface area (Å²) in [7, 11) is 0. The Balaban J connectivity index is 3.99. The third-order valence-corrected chi connectivity index (χ3v) is 1.61. The van der Waals surface area contributed by atoms with Crippen LogP contribution in [0.3, 0.4) is 0 Å². The van der Waals surface area contributed by atoms with Gasteiger partial charge < -0.3 is 4.74 Å². The third-order valence-electron chi connectivity index (χ3n) is 1.61. The highest BCUT2D eigenvalue weighted by atomic mass is 16.5. The maximum Gasteiger partial charge on any atom is 0.312 e. The SMILES string of the molecule is C/C=C/C(CCC)C(=O)OCC. The molecule has 0 saturated carbocycles. The van der Waals surface area contributed by atoms with Crippen molar-refractivity contribution in [1.29, 1.82) is 0 Å². The predicted molar refractivity (Wildman–Crippen MR) is 49.8 cm³/mol. The molecule has 0 aromatic rings. The first-order valence-corrected chi connectivity index (χ1v) is 4.55. The average Bonchev–Trinajstić information content (AvgIpc) is 2.04. The summed E-state index contributed by atoms with van der Waals surface area (Å²) in [5.41, 5.74) is 0. The van der Waals surface area contributed by atoms with Crippen LogP contribution in [0.15, 0.2) is 12.2 Å². The molecule has 0 saturated heterocycles. The molecule has 0 fully saturated rings. The van der Waals surface area contributed by atoms with Crippen molar-refractivity contribution in [3.05, 3.63) is 12.2 Å². The molecule has 0 heterocycles. The van der Waals surface area contributed by atoms with Gasteiger partial charge in [0.05, 0.1) is 12.5 Å². The molecule has 0 bridgehead atoms. The normalized spacial score (nSPS) is 13.2. The lowest BCUT2D eigenvalue weighted by Crippen LogP contribution is -2.15.